The normalized spacial score (nSPS) is 12.2. The number of hydrogen-bond donors (Lipinski definition) is 2. The maximum atomic E-state index is 13.9. The number of aromatic nitrogens is 2. The molecule has 140 valence electrons. The number of nitrogens with one attached hydrogen (secondary N) is 1. The number of carbonyl (C=O) groups excluding carboxylic acids is 1. The van der Waals surface area contributed by atoms with Crippen LogP contribution in [0.4, 0.5) is 8.78 Å². The largest absolute Gasteiger partial charge is 0.480 e. The van der Waals surface area contributed by atoms with Crippen molar-refractivity contribution >= 4 is 11.9 Å². The molecule has 1 unspecified atom stereocenters. The third-order valence-electron chi connectivity index (χ3n) is 3.85. The van der Waals surface area contributed by atoms with E-state index in [4.69, 9.17) is 0 Å². The van der Waals surface area contributed by atoms with Crippen molar-refractivity contribution in [3.05, 3.63) is 47.8 Å². The van der Waals surface area contributed by atoms with Crippen LogP contribution in [-0.2, 0) is 16.1 Å². The molecule has 0 saturated heterocycles. The first-order valence-electron chi connectivity index (χ1n) is 8.00. The van der Waals surface area contributed by atoms with E-state index in [1.165, 1.54) is 26.1 Å². The molecule has 0 aliphatic heterocycles. The van der Waals surface area contributed by atoms with Crippen molar-refractivity contribution in [2.75, 3.05) is 13.1 Å². The van der Waals surface area contributed by atoms with Gasteiger partial charge in [0.2, 0.25) is 5.91 Å². The van der Waals surface area contributed by atoms with Crippen LogP contribution in [0.2, 0.25) is 0 Å². The van der Waals surface area contributed by atoms with Gasteiger partial charge in [-0.25, -0.2) is 13.5 Å². The molecule has 1 atom stereocenters. The first-order valence-corrected chi connectivity index (χ1v) is 8.00. The van der Waals surface area contributed by atoms with Gasteiger partial charge in [0.05, 0.1) is 5.69 Å². The van der Waals surface area contributed by atoms with Crippen LogP contribution >= 0.6 is 0 Å². The molecule has 0 saturated carbocycles. The summed E-state index contributed by atoms with van der Waals surface area (Å²) in [7, 11) is 0. The highest BCUT2D eigenvalue weighted by atomic mass is 19.1. The van der Waals surface area contributed by atoms with Gasteiger partial charge in [0.15, 0.2) is 11.6 Å². The molecule has 2 rings (SSSR count). The van der Waals surface area contributed by atoms with Gasteiger partial charge in [-0.1, -0.05) is 6.07 Å². The highest BCUT2D eigenvalue weighted by Crippen LogP contribution is 2.17. The second-order valence-electron chi connectivity index (χ2n) is 5.79. The standard InChI is InChI=1S/C17H20F2N4O3/c1-11(17(25)26)22(9-7-20-12(2)24)10-13-6-8-23(21-13)16-14(18)4-3-5-15(16)19/h3-6,8,11H,7,9-10H2,1-2H3,(H,20,24)(H,25,26). The van der Waals surface area contributed by atoms with Crippen molar-refractivity contribution < 1.29 is 23.5 Å². The predicted octanol–water partition coefficient (Wildman–Crippen LogP) is 1.56. The lowest BCUT2D eigenvalue weighted by molar-refractivity contribution is -0.142. The Kier molecular flexibility index (Phi) is 6.40. The number of rotatable bonds is 8. The summed E-state index contributed by atoms with van der Waals surface area (Å²) >= 11 is 0. The lowest BCUT2D eigenvalue weighted by Crippen LogP contribution is -2.42. The number of nitrogens with zero attached hydrogens (tertiary/aromatic N) is 3. The van der Waals surface area contributed by atoms with Gasteiger partial charge in [-0.15, -0.1) is 0 Å². The van der Waals surface area contributed by atoms with E-state index >= 15 is 0 Å². The predicted molar refractivity (Wildman–Crippen MR) is 89.7 cm³/mol. The molecule has 2 aromatic rings. The molecule has 1 heterocycles. The number of benzene rings is 1. The SMILES string of the molecule is CC(=O)NCCN(Cc1ccn(-c2c(F)cccc2F)n1)C(C)C(=O)O. The zero-order valence-electron chi connectivity index (χ0n) is 14.4. The number of carbonyl (C=O) groups is 2. The van der Waals surface area contributed by atoms with Gasteiger partial charge in [0.25, 0.3) is 0 Å². The minimum absolute atomic E-state index is 0.149. The van der Waals surface area contributed by atoms with E-state index in [0.29, 0.717) is 5.69 Å². The van der Waals surface area contributed by atoms with Crippen molar-refractivity contribution in [2.45, 2.75) is 26.4 Å². The quantitative estimate of drug-likeness (QED) is 0.740. The summed E-state index contributed by atoms with van der Waals surface area (Å²) in [6.45, 7) is 3.60. The summed E-state index contributed by atoms with van der Waals surface area (Å²) in [5.41, 5.74) is 0.151. The van der Waals surface area contributed by atoms with Crippen molar-refractivity contribution in [3.63, 3.8) is 0 Å². The van der Waals surface area contributed by atoms with Crippen LogP contribution in [0, 0.1) is 11.6 Å². The monoisotopic (exact) mass is 366 g/mol. The van der Waals surface area contributed by atoms with E-state index in [1.807, 2.05) is 0 Å². The Labute approximate surface area is 149 Å². The van der Waals surface area contributed by atoms with Gasteiger partial charge >= 0.3 is 5.97 Å². The Hall–Kier alpha value is -2.81. The average Bonchev–Trinajstić information content (AvgIpc) is 3.00. The number of amides is 1. The third kappa shape index (κ3) is 4.85. The molecular formula is C17H20F2N4O3. The van der Waals surface area contributed by atoms with Crippen molar-refractivity contribution in [2.24, 2.45) is 0 Å². The number of hydrogen-bond acceptors (Lipinski definition) is 4. The number of halogens is 2. The lowest BCUT2D eigenvalue weighted by atomic mass is 10.2. The fraction of sp³-hybridized carbons (Fsp3) is 0.353. The van der Waals surface area contributed by atoms with E-state index in [1.54, 1.807) is 11.0 Å². The Morgan fingerprint density at radius 1 is 1.31 bits per heavy atom. The second kappa shape index (κ2) is 8.52. The van der Waals surface area contributed by atoms with E-state index in [-0.39, 0.29) is 31.2 Å². The molecular weight excluding hydrogens is 346 g/mol. The molecule has 9 heteroatoms. The molecule has 1 aromatic heterocycles. The second-order valence-corrected chi connectivity index (χ2v) is 5.79. The fourth-order valence-corrected chi connectivity index (χ4v) is 2.43. The molecule has 0 radical (unpaired) electrons. The van der Waals surface area contributed by atoms with Crippen molar-refractivity contribution in [1.29, 1.82) is 0 Å². The summed E-state index contributed by atoms with van der Waals surface area (Å²) < 4.78 is 28.8. The molecule has 1 amide bonds. The first-order chi connectivity index (χ1) is 12.3. The van der Waals surface area contributed by atoms with Crippen LogP contribution in [0.5, 0.6) is 0 Å². The fourth-order valence-electron chi connectivity index (χ4n) is 2.43. The number of carboxylic acid groups (broad SMARTS) is 1. The van der Waals surface area contributed by atoms with Crippen LogP contribution in [-0.4, -0.2) is 50.8 Å². The Balaban J connectivity index is 2.17. The Bertz CT molecular complexity index is 774. The molecule has 0 aliphatic carbocycles. The van der Waals surface area contributed by atoms with Gasteiger partial charge in [0, 0.05) is 32.8 Å². The molecule has 1 aromatic carbocycles. The first kappa shape index (κ1) is 19.5. The van der Waals surface area contributed by atoms with Gasteiger partial charge in [-0.05, 0) is 25.1 Å². The van der Waals surface area contributed by atoms with Crippen LogP contribution in [0.25, 0.3) is 5.69 Å². The zero-order valence-corrected chi connectivity index (χ0v) is 14.4. The average molecular weight is 366 g/mol. The number of para-hydroxylation sites is 1. The lowest BCUT2D eigenvalue weighted by Gasteiger charge is -2.25. The van der Waals surface area contributed by atoms with Crippen LogP contribution in [0.3, 0.4) is 0 Å². The third-order valence-corrected chi connectivity index (χ3v) is 3.85. The van der Waals surface area contributed by atoms with Gasteiger partial charge in [-0.2, -0.15) is 5.10 Å². The van der Waals surface area contributed by atoms with E-state index in [9.17, 15) is 23.5 Å². The van der Waals surface area contributed by atoms with Crippen LogP contribution in [0.1, 0.15) is 19.5 Å². The molecule has 0 bridgehead atoms. The summed E-state index contributed by atoms with van der Waals surface area (Å²) in [4.78, 5) is 23.9. The molecule has 0 fully saturated rings. The highest BCUT2D eigenvalue weighted by molar-refractivity contribution is 5.73. The molecule has 0 aliphatic rings. The van der Waals surface area contributed by atoms with Gasteiger partial charge in [0.1, 0.15) is 11.7 Å². The van der Waals surface area contributed by atoms with Gasteiger partial charge < -0.3 is 10.4 Å². The summed E-state index contributed by atoms with van der Waals surface area (Å²) in [5, 5.41) is 16.0. The maximum absolute atomic E-state index is 13.9. The topological polar surface area (TPSA) is 87.5 Å². The highest BCUT2D eigenvalue weighted by Gasteiger charge is 2.22. The maximum Gasteiger partial charge on any atom is 0.320 e. The minimum Gasteiger partial charge on any atom is -0.480 e. The summed E-state index contributed by atoms with van der Waals surface area (Å²) in [6.07, 6.45) is 1.41. The zero-order chi connectivity index (χ0) is 19.3. The molecule has 0 spiro atoms. The number of aliphatic carboxylic acids is 1. The van der Waals surface area contributed by atoms with E-state index in [0.717, 1.165) is 16.8 Å². The summed E-state index contributed by atoms with van der Waals surface area (Å²) in [5.74, 6) is -2.73. The summed E-state index contributed by atoms with van der Waals surface area (Å²) in [6, 6.07) is 4.26. The van der Waals surface area contributed by atoms with E-state index < -0.39 is 23.6 Å². The van der Waals surface area contributed by atoms with Gasteiger partial charge in [-0.3, -0.25) is 14.5 Å². The number of carboxylic acids is 1. The molecule has 26 heavy (non-hydrogen) atoms. The van der Waals surface area contributed by atoms with Crippen LogP contribution < -0.4 is 5.32 Å². The van der Waals surface area contributed by atoms with E-state index in [2.05, 4.69) is 10.4 Å². The Morgan fingerprint density at radius 2 is 1.96 bits per heavy atom. The molecule has 2 N–H and O–H groups in total. The van der Waals surface area contributed by atoms with Crippen LogP contribution in [0.15, 0.2) is 30.5 Å². The smallest absolute Gasteiger partial charge is 0.320 e. The Morgan fingerprint density at radius 3 is 2.54 bits per heavy atom. The minimum atomic E-state index is -1.02. The van der Waals surface area contributed by atoms with Crippen molar-refractivity contribution in [1.82, 2.24) is 20.0 Å². The van der Waals surface area contributed by atoms with Crippen molar-refractivity contribution in [3.8, 4) is 5.69 Å². The molecule has 7 nitrogen and oxygen atoms in total.